The van der Waals surface area contributed by atoms with Crippen LogP contribution in [0.25, 0.3) is 11.2 Å². The molecule has 11 nitrogen and oxygen atoms in total. The number of halogens is 3. The topological polar surface area (TPSA) is 147 Å². The maximum Gasteiger partial charge on any atom is 0.327 e. The highest BCUT2D eigenvalue weighted by Crippen LogP contribution is 2.57. The number of benzene rings is 1. The Labute approximate surface area is 200 Å². The van der Waals surface area contributed by atoms with Gasteiger partial charge in [-0.1, -0.05) is 0 Å². The van der Waals surface area contributed by atoms with Crippen LogP contribution in [0.5, 0.6) is 0 Å². The fourth-order valence-corrected chi connectivity index (χ4v) is 6.00. The number of anilines is 1. The predicted molar refractivity (Wildman–Crippen MR) is 117 cm³/mol. The molecule has 16 heteroatoms. The third-order valence-corrected chi connectivity index (χ3v) is 8.04. The van der Waals surface area contributed by atoms with Crippen LogP contribution in [0.1, 0.15) is 24.3 Å². The number of nitrogen functional groups attached to an aromatic ring is 1. The summed E-state index contributed by atoms with van der Waals surface area (Å²) >= 11 is 5.33. The Morgan fingerprint density at radius 1 is 1.14 bits per heavy atom. The van der Waals surface area contributed by atoms with E-state index in [0.29, 0.717) is 17.6 Å². The zero-order valence-electron chi connectivity index (χ0n) is 17.7. The highest BCUT2D eigenvalue weighted by Gasteiger charge is 2.46. The van der Waals surface area contributed by atoms with Gasteiger partial charge in [-0.2, -0.15) is 0 Å². The average molecular weight is 533 g/mol. The first-order valence-electron chi connectivity index (χ1n) is 10.3. The monoisotopic (exact) mass is 533 g/mol. The molecule has 3 aromatic rings. The molecule has 4 N–H and O–H groups in total. The van der Waals surface area contributed by atoms with Crippen LogP contribution in [-0.2, 0) is 30.1 Å². The number of hydrogen-bond donors (Lipinski definition) is 3. The molecule has 35 heavy (non-hydrogen) atoms. The Balaban J connectivity index is 1.29. The van der Waals surface area contributed by atoms with E-state index in [0.717, 1.165) is 0 Å². The number of fused-ring (bicyclic) bond motifs is 1. The summed E-state index contributed by atoms with van der Waals surface area (Å²) in [6.07, 6.45) is -3.23. The maximum atomic E-state index is 14.2. The summed E-state index contributed by atoms with van der Waals surface area (Å²) in [5, 5.41) is 21.1. The number of rotatable bonds is 5. The van der Waals surface area contributed by atoms with Gasteiger partial charge in [0.15, 0.2) is 29.3 Å². The van der Waals surface area contributed by atoms with Gasteiger partial charge in [-0.05, 0) is 17.9 Å². The molecule has 0 aliphatic carbocycles. The smallest absolute Gasteiger partial charge is 0.327 e. The van der Waals surface area contributed by atoms with Crippen molar-refractivity contribution in [2.24, 2.45) is 0 Å². The zero-order chi connectivity index (χ0) is 24.9. The summed E-state index contributed by atoms with van der Waals surface area (Å²) in [6.45, 7) is -3.81. The van der Waals surface area contributed by atoms with E-state index in [-0.39, 0.29) is 36.7 Å². The minimum absolute atomic E-state index is 0.0157. The van der Waals surface area contributed by atoms with Crippen molar-refractivity contribution < 1.29 is 41.7 Å². The molecule has 188 valence electrons. The van der Waals surface area contributed by atoms with Gasteiger partial charge in [-0.15, -0.1) is 0 Å². The van der Waals surface area contributed by atoms with E-state index in [1.165, 1.54) is 17.2 Å². The molecule has 1 aromatic carbocycles. The van der Waals surface area contributed by atoms with Crippen molar-refractivity contribution in [1.29, 1.82) is 0 Å². The van der Waals surface area contributed by atoms with E-state index in [2.05, 4.69) is 15.0 Å². The second kappa shape index (κ2) is 9.33. The molecule has 0 spiro atoms. The minimum atomic E-state index is -3.48. The summed E-state index contributed by atoms with van der Waals surface area (Å²) < 4.78 is 65.0. The molecule has 2 fully saturated rings. The van der Waals surface area contributed by atoms with Gasteiger partial charge < -0.3 is 34.3 Å². The van der Waals surface area contributed by atoms with Gasteiger partial charge in [-0.3, -0.25) is 4.57 Å². The molecule has 0 saturated carbocycles. The molecule has 2 saturated heterocycles. The van der Waals surface area contributed by atoms with E-state index in [9.17, 15) is 23.4 Å². The lowest BCUT2D eigenvalue weighted by atomic mass is 10.1. The average Bonchev–Trinajstić information content (AvgIpc) is 3.37. The molecule has 2 aliphatic rings. The van der Waals surface area contributed by atoms with Crippen molar-refractivity contribution in [3.8, 4) is 0 Å². The van der Waals surface area contributed by atoms with Gasteiger partial charge >= 0.3 is 6.72 Å². The largest absolute Gasteiger partial charge is 0.387 e. The first kappa shape index (κ1) is 24.5. The number of aromatic nitrogens is 4. The van der Waals surface area contributed by atoms with E-state index in [1.807, 2.05) is 0 Å². The van der Waals surface area contributed by atoms with Gasteiger partial charge in [0.2, 0.25) is 0 Å². The SMILES string of the molecule is Nc1ncnc2c1ncn2[C@@H]1O[C@H](COP2(=S)OCCC(c3cc(F)c(F)cc3F)O2)[C@@H](O)[C@H]1O. The Bertz CT molecular complexity index is 1320. The molecule has 6 atom stereocenters. The second-order valence-corrected chi connectivity index (χ2v) is 10.8. The van der Waals surface area contributed by atoms with Crippen LogP contribution in [0.15, 0.2) is 24.8 Å². The molecule has 0 amide bonds. The number of imidazole rings is 1. The Morgan fingerprint density at radius 2 is 1.91 bits per heavy atom. The van der Waals surface area contributed by atoms with Crippen molar-refractivity contribution in [1.82, 2.24) is 19.5 Å². The second-order valence-electron chi connectivity index (χ2n) is 7.88. The number of nitrogens with zero attached hydrogens (tertiary/aromatic N) is 4. The molecule has 4 heterocycles. The van der Waals surface area contributed by atoms with Gasteiger partial charge in [-0.25, -0.2) is 28.1 Å². The van der Waals surface area contributed by atoms with Crippen molar-refractivity contribution in [3.05, 3.63) is 47.8 Å². The van der Waals surface area contributed by atoms with Crippen molar-refractivity contribution in [2.75, 3.05) is 18.9 Å². The first-order valence-corrected chi connectivity index (χ1v) is 12.9. The summed E-state index contributed by atoms with van der Waals surface area (Å²) in [7, 11) is 0. The lowest BCUT2D eigenvalue weighted by molar-refractivity contribution is -0.0533. The highest BCUT2D eigenvalue weighted by atomic mass is 32.5. The highest BCUT2D eigenvalue weighted by molar-refractivity contribution is 8.07. The molecular weight excluding hydrogens is 514 g/mol. The third kappa shape index (κ3) is 4.54. The third-order valence-electron chi connectivity index (χ3n) is 5.67. The van der Waals surface area contributed by atoms with Gasteiger partial charge in [0.1, 0.15) is 36.0 Å². The summed E-state index contributed by atoms with van der Waals surface area (Å²) in [6, 6.07) is 1.13. The quantitative estimate of drug-likeness (QED) is 0.326. The lowest BCUT2D eigenvalue weighted by Gasteiger charge is -2.32. The summed E-state index contributed by atoms with van der Waals surface area (Å²) in [5.41, 5.74) is 6.15. The lowest BCUT2D eigenvalue weighted by Crippen LogP contribution is -2.34. The fraction of sp³-hybridized carbons (Fsp3) is 0.421. The molecule has 2 aromatic heterocycles. The van der Waals surface area contributed by atoms with E-state index in [4.69, 9.17) is 35.8 Å². The Hall–Kier alpha value is -2.23. The number of aliphatic hydroxyl groups excluding tert-OH is 2. The minimum Gasteiger partial charge on any atom is -0.387 e. The van der Waals surface area contributed by atoms with Crippen LogP contribution in [0, 0.1) is 17.5 Å². The van der Waals surface area contributed by atoms with Crippen LogP contribution in [0.2, 0.25) is 0 Å². The van der Waals surface area contributed by atoms with Crippen LogP contribution in [0.4, 0.5) is 19.0 Å². The number of hydrogen-bond acceptors (Lipinski definition) is 11. The number of nitrogens with two attached hydrogens (primary N) is 1. The van der Waals surface area contributed by atoms with E-state index in [1.54, 1.807) is 0 Å². The van der Waals surface area contributed by atoms with Gasteiger partial charge in [0.25, 0.3) is 0 Å². The normalized spacial score (nSPS) is 31.3. The van der Waals surface area contributed by atoms with Crippen molar-refractivity contribution in [3.63, 3.8) is 0 Å². The maximum absolute atomic E-state index is 14.2. The molecule has 5 rings (SSSR count). The molecule has 0 bridgehead atoms. The van der Waals surface area contributed by atoms with Crippen LogP contribution >= 0.6 is 6.72 Å². The van der Waals surface area contributed by atoms with Gasteiger partial charge in [0, 0.05) is 18.1 Å². The van der Waals surface area contributed by atoms with E-state index >= 15 is 0 Å². The van der Waals surface area contributed by atoms with Crippen LogP contribution in [0.3, 0.4) is 0 Å². The van der Waals surface area contributed by atoms with E-state index < -0.39 is 54.8 Å². The Morgan fingerprint density at radius 3 is 2.71 bits per heavy atom. The standard InChI is InChI=1S/C19H19F3N5O6PS/c20-9-4-11(22)10(21)3-8(9)12-1-2-30-34(35,33-12)31-5-13-15(28)16(29)19(32-13)27-7-26-14-17(23)24-6-25-18(14)27/h3-4,6-7,12-13,15-16,19,28-29H,1-2,5H2,(H2,23,24,25)/t12?,13-,15-,16-,19-,34?/m1/s1. The van der Waals surface area contributed by atoms with Crippen molar-refractivity contribution in [2.45, 2.75) is 37.1 Å². The summed E-state index contributed by atoms with van der Waals surface area (Å²) in [4.78, 5) is 12.0. The zero-order valence-corrected chi connectivity index (χ0v) is 19.4. The number of ether oxygens (including phenoxy) is 1. The molecule has 2 unspecified atom stereocenters. The number of aliphatic hydroxyl groups is 2. The van der Waals surface area contributed by atoms with Crippen molar-refractivity contribution >= 4 is 35.5 Å². The molecule has 2 aliphatic heterocycles. The first-order chi connectivity index (χ1) is 16.7. The molecule has 0 radical (unpaired) electrons. The summed E-state index contributed by atoms with van der Waals surface area (Å²) in [5.74, 6) is -3.41. The predicted octanol–water partition coefficient (Wildman–Crippen LogP) is 1.86. The molecular formula is C19H19F3N5O6PS. The van der Waals surface area contributed by atoms with Crippen LogP contribution < -0.4 is 5.73 Å². The van der Waals surface area contributed by atoms with Crippen LogP contribution in [-0.4, -0.2) is 61.3 Å². The fourth-order valence-electron chi connectivity index (χ4n) is 3.89. The Kier molecular flexibility index (Phi) is 6.52. The van der Waals surface area contributed by atoms with Gasteiger partial charge in [0.05, 0.1) is 25.6 Å².